The number of carbonyl (C=O) groups is 2. The Morgan fingerprint density at radius 1 is 0.757 bits per heavy atom. The zero-order valence-corrected chi connectivity index (χ0v) is 24.0. The molecule has 0 radical (unpaired) electrons. The van der Waals surface area contributed by atoms with E-state index >= 15 is 0 Å². The summed E-state index contributed by atoms with van der Waals surface area (Å²) in [5.74, 6) is 0.0693. The van der Waals surface area contributed by atoms with Gasteiger partial charge in [0.15, 0.2) is 0 Å². The second kappa shape index (κ2) is 11.2. The summed E-state index contributed by atoms with van der Waals surface area (Å²) in [5.41, 5.74) is 2.34. The van der Waals surface area contributed by atoms with Crippen LogP contribution >= 0.6 is 0 Å². The number of esters is 1. The summed E-state index contributed by atoms with van der Waals surface area (Å²) in [6.45, 7) is 7.42. The Balaban J connectivity index is 1.65. The number of ether oxygens (including phenoxy) is 1. The summed E-state index contributed by atoms with van der Waals surface area (Å²) in [5, 5.41) is 1.80. The van der Waals surface area contributed by atoms with Crippen LogP contribution in [0.25, 0.3) is 21.8 Å². The number of hydrogen-bond donors (Lipinski definition) is 0. The summed E-state index contributed by atoms with van der Waals surface area (Å²) in [7, 11) is 1.32. The average Bonchev–Trinajstić information content (AvgIpc) is 2.84. The SMILES string of the molecule is COC(=O)CC(C)(C)CC(=O)[O][Ga]([O]c1cccc2ccc(C)nc12)[O]c1cccc2ccc(C)nc12. The molecular formula is C28H29GaN2O6. The molecule has 0 unspecified atom stereocenters. The van der Waals surface area contributed by atoms with E-state index in [0.717, 1.165) is 22.2 Å². The maximum atomic E-state index is 13.0. The van der Waals surface area contributed by atoms with Crippen LogP contribution in [0.2, 0.25) is 0 Å². The van der Waals surface area contributed by atoms with E-state index in [2.05, 4.69) is 9.97 Å². The van der Waals surface area contributed by atoms with Crippen LogP contribution in [-0.4, -0.2) is 46.3 Å². The molecule has 0 aliphatic heterocycles. The number of pyridine rings is 2. The molecule has 2 heterocycles. The molecule has 2 aromatic heterocycles. The molecule has 0 aliphatic rings. The second-order valence-electron chi connectivity index (χ2n) is 9.67. The van der Waals surface area contributed by atoms with Crippen LogP contribution in [0.5, 0.6) is 11.5 Å². The second-order valence-corrected chi connectivity index (χ2v) is 12.4. The fraction of sp³-hybridized carbons (Fsp3) is 0.286. The number of rotatable bonds is 9. The Kier molecular flexibility index (Phi) is 8.04. The molecule has 8 nitrogen and oxygen atoms in total. The van der Waals surface area contributed by atoms with Gasteiger partial charge in [-0.3, -0.25) is 0 Å². The van der Waals surface area contributed by atoms with Gasteiger partial charge in [0.1, 0.15) is 0 Å². The molecule has 0 saturated carbocycles. The predicted octanol–water partition coefficient (Wildman–Crippen LogP) is 5.37. The Morgan fingerprint density at radius 3 is 1.73 bits per heavy atom. The normalized spacial score (nSPS) is 11.3. The topological polar surface area (TPSA) is 96.8 Å². The van der Waals surface area contributed by atoms with Crippen molar-refractivity contribution in [3.8, 4) is 11.5 Å². The van der Waals surface area contributed by atoms with E-state index in [9.17, 15) is 9.59 Å². The Morgan fingerprint density at radius 2 is 1.24 bits per heavy atom. The molecule has 0 bridgehead atoms. The van der Waals surface area contributed by atoms with Crippen LogP contribution in [0.15, 0.2) is 60.7 Å². The molecule has 190 valence electrons. The van der Waals surface area contributed by atoms with Crippen molar-refractivity contribution in [1.82, 2.24) is 9.97 Å². The van der Waals surface area contributed by atoms with Crippen LogP contribution in [0.3, 0.4) is 0 Å². The van der Waals surface area contributed by atoms with Gasteiger partial charge in [-0.15, -0.1) is 0 Å². The first-order valence-electron chi connectivity index (χ1n) is 12.0. The quantitative estimate of drug-likeness (QED) is 0.200. The first kappa shape index (κ1) is 26.5. The summed E-state index contributed by atoms with van der Waals surface area (Å²) in [4.78, 5) is 34.1. The molecule has 0 atom stereocenters. The fourth-order valence-electron chi connectivity index (χ4n) is 3.97. The summed E-state index contributed by atoms with van der Waals surface area (Å²) in [6.07, 6.45) is 0.0768. The molecule has 0 N–H and O–H groups in total. The van der Waals surface area contributed by atoms with Crippen LogP contribution in [-0.2, 0) is 17.9 Å². The molecule has 4 rings (SSSR count). The zero-order chi connectivity index (χ0) is 26.6. The summed E-state index contributed by atoms with van der Waals surface area (Å²) >= 11 is -3.78. The van der Waals surface area contributed by atoms with Crippen molar-refractivity contribution < 1.29 is 24.9 Å². The molecule has 0 saturated heterocycles. The molecule has 0 spiro atoms. The van der Waals surface area contributed by atoms with Gasteiger partial charge in [0, 0.05) is 0 Å². The third-order valence-electron chi connectivity index (χ3n) is 5.79. The number of hydrogen-bond acceptors (Lipinski definition) is 8. The number of methoxy groups -OCH3 is 1. The van der Waals surface area contributed by atoms with Gasteiger partial charge in [0.2, 0.25) is 0 Å². The van der Waals surface area contributed by atoms with Gasteiger partial charge in [-0.25, -0.2) is 0 Å². The van der Waals surface area contributed by atoms with E-state index in [-0.39, 0.29) is 12.8 Å². The molecule has 0 amide bonds. The monoisotopic (exact) mass is 558 g/mol. The Hall–Kier alpha value is -3.56. The number of fused-ring (bicyclic) bond motifs is 2. The fourth-order valence-corrected chi connectivity index (χ4v) is 6.57. The van der Waals surface area contributed by atoms with Crippen molar-refractivity contribution >= 4 is 51.1 Å². The molecule has 2 aromatic carbocycles. The Bertz CT molecular complexity index is 1370. The van der Waals surface area contributed by atoms with Gasteiger partial charge in [-0.1, -0.05) is 0 Å². The third-order valence-corrected chi connectivity index (χ3v) is 8.62. The van der Waals surface area contributed by atoms with Crippen molar-refractivity contribution in [1.29, 1.82) is 0 Å². The summed E-state index contributed by atoms with van der Waals surface area (Å²) in [6, 6.07) is 19.0. The molecule has 9 heteroatoms. The van der Waals surface area contributed by atoms with Crippen LogP contribution in [0.1, 0.15) is 38.1 Å². The number of aromatic nitrogens is 2. The van der Waals surface area contributed by atoms with Gasteiger partial charge in [-0.2, -0.15) is 0 Å². The van der Waals surface area contributed by atoms with Gasteiger partial charge in [-0.05, 0) is 0 Å². The van der Waals surface area contributed by atoms with Gasteiger partial charge in [0.05, 0.1) is 0 Å². The molecule has 4 aromatic rings. The first-order valence-corrected chi connectivity index (χ1v) is 14.9. The number of benzene rings is 2. The minimum absolute atomic E-state index is 0.00361. The van der Waals surface area contributed by atoms with Crippen molar-refractivity contribution in [3.63, 3.8) is 0 Å². The van der Waals surface area contributed by atoms with E-state index in [4.69, 9.17) is 15.3 Å². The summed E-state index contributed by atoms with van der Waals surface area (Å²) < 4.78 is 23.2. The zero-order valence-electron chi connectivity index (χ0n) is 21.6. The van der Waals surface area contributed by atoms with E-state index in [0.29, 0.717) is 22.5 Å². The van der Waals surface area contributed by atoms with Crippen LogP contribution in [0.4, 0.5) is 0 Å². The number of nitrogens with zero attached hydrogens (tertiary/aromatic N) is 2. The van der Waals surface area contributed by atoms with Crippen molar-refractivity contribution in [2.24, 2.45) is 5.41 Å². The molecular weight excluding hydrogens is 530 g/mol. The van der Waals surface area contributed by atoms with Crippen molar-refractivity contribution in [2.75, 3.05) is 7.11 Å². The van der Waals surface area contributed by atoms with Crippen molar-refractivity contribution in [2.45, 2.75) is 40.5 Å². The number of para-hydroxylation sites is 2. The van der Waals surface area contributed by atoms with Crippen LogP contribution < -0.4 is 7.06 Å². The van der Waals surface area contributed by atoms with E-state index in [1.54, 1.807) is 12.1 Å². The third kappa shape index (κ3) is 6.81. The molecule has 0 fully saturated rings. The van der Waals surface area contributed by atoms with E-state index < -0.39 is 34.7 Å². The van der Waals surface area contributed by atoms with Gasteiger partial charge in [0.25, 0.3) is 0 Å². The Labute approximate surface area is 222 Å². The number of aryl methyl sites for hydroxylation is 2. The van der Waals surface area contributed by atoms with Gasteiger partial charge < -0.3 is 0 Å². The average molecular weight is 559 g/mol. The maximum absolute atomic E-state index is 13.0. The molecule has 37 heavy (non-hydrogen) atoms. The standard InChI is InChI=1S/2C10H9NO.C8H14O4.Ga/c2*1-7-5-6-8-3-2-4-9(12)10(8)11-7;1-8(2,4-6(9)10)5-7(11)12-3;/h2*2-6,12H,1H3;4-5H2,1-3H3,(H,9,10);/q;;;+3/p-3. The van der Waals surface area contributed by atoms with Gasteiger partial charge >= 0.3 is 223 Å². The number of carbonyl (C=O) groups excluding carboxylic acids is 2. The van der Waals surface area contributed by atoms with E-state index in [1.165, 1.54) is 7.11 Å². The van der Waals surface area contributed by atoms with Crippen LogP contribution in [0, 0.1) is 19.3 Å². The van der Waals surface area contributed by atoms with Crippen molar-refractivity contribution in [3.05, 3.63) is 72.1 Å². The molecule has 0 aliphatic carbocycles. The van der Waals surface area contributed by atoms with E-state index in [1.807, 2.05) is 76.2 Å². The minimum atomic E-state index is -3.78. The predicted molar refractivity (Wildman–Crippen MR) is 141 cm³/mol. The first-order chi connectivity index (χ1) is 17.6.